The van der Waals surface area contributed by atoms with E-state index in [0.717, 1.165) is 6.42 Å². The third kappa shape index (κ3) is 3.06. The third-order valence-corrected chi connectivity index (χ3v) is 4.09. The van der Waals surface area contributed by atoms with Crippen molar-refractivity contribution in [1.29, 1.82) is 0 Å². The average molecular weight is 232 g/mol. The SMILES string of the molecule is CCc1cnccc1C(N)C1CCCCCC1. The highest BCUT2D eigenvalue weighted by Crippen LogP contribution is 2.33. The smallest absolute Gasteiger partial charge is 0.0327 e. The van der Waals surface area contributed by atoms with Gasteiger partial charge in [0.2, 0.25) is 0 Å². The maximum absolute atomic E-state index is 6.49. The van der Waals surface area contributed by atoms with E-state index in [-0.39, 0.29) is 6.04 Å². The first-order valence-corrected chi connectivity index (χ1v) is 7.01. The monoisotopic (exact) mass is 232 g/mol. The minimum absolute atomic E-state index is 0.214. The first-order chi connectivity index (χ1) is 8.33. The van der Waals surface area contributed by atoms with Crippen LogP contribution in [0, 0.1) is 5.92 Å². The predicted octanol–water partition coefficient (Wildman–Crippen LogP) is 3.61. The van der Waals surface area contributed by atoms with Gasteiger partial charge >= 0.3 is 0 Å². The zero-order valence-corrected chi connectivity index (χ0v) is 10.9. The van der Waals surface area contributed by atoms with Gasteiger partial charge < -0.3 is 5.73 Å². The van der Waals surface area contributed by atoms with Crippen LogP contribution in [-0.4, -0.2) is 4.98 Å². The number of nitrogens with zero attached hydrogens (tertiary/aromatic N) is 1. The second-order valence-corrected chi connectivity index (χ2v) is 5.21. The molecule has 0 aromatic carbocycles. The van der Waals surface area contributed by atoms with Crippen LogP contribution in [0.3, 0.4) is 0 Å². The van der Waals surface area contributed by atoms with Gasteiger partial charge in [0, 0.05) is 18.4 Å². The van der Waals surface area contributed by atoms with E-state index < -0.39 is 0 Å². The summed E-state index contributed by atoms with van der Waals surface area (Å²) in [6.45, 7) is 2.18. The number of rotatable bonds is 3. The Morgan fingerprint density at radius 3 is 2.65 bits per heavy atom. The highest BCUT2D eigenvalue weighted by atomic mass is 14.7. The van der Waals surface area contributed by atoms with Crippen molar-refractivity contribution >= 4 is 0 Å². The second-order valence-electron chi connectivity index (χ2n) is 5.21. The molecule has 1 aromatic heterocycles. The molecule has 1 heterocycles. The molecule has 0 amide bonds. The van der Waals surface area contributed by atoms with Gasteiger partial charge in [0.25, 0.3) is 0 Å². The Bertz CT molecular complexity index is 341. The van der Waals surface area contributed by atoms with Crippen molar-refractivity contribution in [3.63, 3.8) is 0 Å². The van der Waals surface area contributed by atoms with Crippen molar-refractivity contribution in [2.24, 2.45) is 11.7 Å². The van der Waals surface area contributed by atoms with Gasteiger partial charge in [-0.2, -0.15) is 0 Å². The Morgan fingerprint density at radius 1 is 1.29 bits per heavy atom. The van der Waals surface area contributed by atoms with E-state index >= 15 is 0 Å². The minimum atomic E-state index is 0.214. The number of pyridine rings is 1. The van der Waals surface area contributed by atoms with Crippen LogP contribution in [0.1, 0.15) is 62.6 Å². The van der Waals surface area contributed by atoms with E-state index in [1.54, 1.807) is 0 Å². The minimum Gasteiger partial charge on any atom is -0.324 e. The molecule has 17 heavy (non-hydrogen) atoms. The summed E-state index contributed by atoms with van der Waals surface area (Å²) in [5, 5.41) is 0. The summed E-state index contributed by atoms with van der Waals surface area (Å²) in [4.78, 5) is 4.21. The molecule has 1 aliphatic carbocycles. The van der Waals surface area contributed by atoms with Crippen LogP contribution >= 0.6 is 0 Å². The molecule has 0 bridgehead atoms. The van der Waals surface area contributed by atoms with Crippen LogP contribution in [0.25, 0.3) is 0 Å². The first kappa shape index (κ1) is 12.6. The molecule has 2 nitrogen and oxygen atoms in total. The van der Waals surface area contributed by atoms with Gasteiger partial charge in [0.05, 0.1) is 0 Å². The quantitative estimate of drug-likeness (QED) is 0.808. The Hall–Kier alpha value is -0.890. The molecule has 1 saturated carbocycles. The lowest BCUT2D eigenvalue weighted by Crippen LogP contribution is -2.22. The predicted molar refractivity (Wildman–Crippen MR) is 71.7 cm³/mol. The third-order valence-electron chi connectivity index (χ3n) is 4.09. The van der Waals surface area contributed by atoms with Gasteiger partial charge in [-0.05, 0) is 42.4 Å². The van der Waals surface area contributed by atoms with Crippen LogP contribution < -0.4 is 5.73 Å². The molecule has 94 valence electrons. The number of hydrogen-bond donors (Lipinski definition) is 1. The molecule has 1 atom stereocenters. The summed E-state index contributed by atoms with van der Waals surface area (Å²) in [5.41, 5.74) is 9.14. The molecule has 1 aliphatic rings. The molecule has 1 unspecified atom stereocenters. The Balaban J connectivity index is 2.14. The maximum Gasteiger partial charge on any atom is 0.0327 e. The van der Waals surface area contributed by atoms with Crippen molar-refractivity contribution < 1.29 is 0 Å². The topological polar surface area (TPSA) is 38.9 Å². The fraction of sp³-hybridized carbons (Fsp3) is 0.667. The largest absolute Gasteiger partial charge is 0.324 e. The first-order valence-electron chi connectivity index (χ1n) is 7.01. The summed E-state index contributed by atoms with van der Waals surface area (Å²) in [6.07, 6.45) is 13.0. The van der Waals surface area contributed by atoms with E-state index in [9.17, 15) is 0 Å². The van der Waals surface area contributed by atoms with Gasteiger partial charge in [0.1, 0.15) is 0 Å². The molecule has 2 rings (SSSR count). The fourth-order valence-corrected chi connectivity index (χ4v) is 2.98. The number of nitrogens with two attached hydrogens (primary N) is 1. The summed E-state index contributed by atoms with van der Waals surface area (Å²) in [6, 6.07) is 2.33. The van der Waals surface area contributed by atoms with Crippen molar-refractivity contribution in [3.8, 4) is 0 Å². The van der Waals surface area contributed by atoms with E-state index in [1.807, 2.05) is 12.4 Å². The van der Waals surface area contributed by atoms with Crippen LogP contribution in [0.2, 0.25) is 0 Å². The molecule has 1 aromatic rings. The van der Waals surface area contributed by atoms with Gasteiger partial charge in [-0.1, -0.05) is 32.6 Å². The maximum atomic E-state index is 6.49. The standard InChI is InChI=1S/C15H24N2/c1-2-12-11-17-10-9-14(12)15(16)13-7-5-3-4-6-8-13/h9-11,13,15H,2-8,16H2,1H3. The normalized spacial score (nSPS) is 19.9. The molecule has 1 fully saturated rings. The molecular formula is C15H24N2. The fourth-order valence-electron chi connectivity index (χ4n) is 2.98. The molecule has 0 spiro atoms. The summed E-state index contributed by atoms with van der Waals surface area (Å²) < 4.78 is 0. The molecule has 2 heteroatoms. The van der Waals surface area contributed by atoms with Gasteiger partial charge in [-0.3, -0.25) is 4.98 Å². The average Bonchev–Trinajstić information content (AvgIpc) is 2.66. The summed E-state index contributed by atoms with van der Waals surface area (Å²) in [7, 11) is 0. The van der Waals surface area contributed by atoms with Crippen LogP contribution in [0.15, 0.2) is 18.5 Å². The summed E-state index contributed by atoms with van der Waals surface area (Å²) in [5.74, 6) is 0.671. The van der Waals surface area contributed by atoms with Gasteiger partial charge in [-0.15, -0.1) is 0 Å². The molecule has 0 radical (unpaired) electrons. The second kappa shape index (κ2) is 6.15. The van der Waals surface area contributed by atoms with Crippen LogP contribution in [-0.2, 0) is 6.42 Å². The van der Waals surface area contributed by atoms with Gasteiger partial charge in [0.15, 0.2) is 0 Å². The molecule has 2 N–H and O–H groups in total. The highest BCUT2D eigenvalue weighted by molar-refractivity contribution is 5.27. The lowest BCUT2D eigenvalue weighted by atomic mass is 9.86. The van der Waals surface area contributed by atoms with Crippen molar-refractivity contribution in [1.82, 2.24) is 4.98 Å². The lowest BCUT2D eigenvalue weighted by molar-refractivity contribution is 0.381. The summed E-state index contributed by atoms with van der Waals surface area (Å²) >= 11 is 0. The molecular weight excluding hydrogens is 208 g/mol. The van der Waals surface area contributed by atoms with Crippen molar-refractivity contribution in [2.75, 3.05) is 0 Å². The van der Waals surface area contributed by atoms with E-state index in [1.165, 1.54) is 49.7 Å². The van der Waals surface area contributed by atoms with Crippen LogP contribution in [0.5, 0.6) is 0 Å². The van der Waals surface area contributed by atoms with Crippen molar-refractivity contribution in [2.45, 2.75) is 57.9 Å². The zero-order valence-electron chi connectivity index (χ0n) is 10.9. The van der Waals surface area contributed by atoms with Crippen molar-refractivity contribution in [3.05, 3.63) is 29.6 Å². The van der Waals surface area contributed by atoms with E-state index in [2.05, 4.69) is 18.0 Å². The van der Waals surface area contributed by atoms with Crippen LogP contribution in [0.4, 0.5) is 0 Å². The Labute approximate surface area is 105 Å². The lowest BCUT2D eigenvalue weighted by Gasteiger charge is -2.24. The number of aryl methyl sites for hydroxylation is 1. The van der Waals surface area contributed by atoms with E-state index in [0.29, 0.717) is 5.92 Å². The zero-order chi connectivity index (χ0) is 12.1. The van der Waals surface area contributed by atoms with E-state index in [4.69, 9.17) is 5.73 Å². The molecule has 0 aliphatic heterocycles. The Kier molecular flexibility index (Phi) is 4.55. The molecule has 0 saturated heterocycles. The highest BCUT2D eigenvalue weighted by Gasteiger charge is 2.22. The Morgan fingerprint density at radius 2 is 2.00 bits per heavy atom. The number of aromatic nitrogens is 1. The number of hydrogen-bond acceptors (Lipinski definition) is 2. The van der Waals surface area contributed by atoms with Gasteiger partial charge in [-0.25, -0.2) is 0 Å².